The summed E-state index contributed by atoms with van der Waals surface area (Å²) in [5.41, 5.74) is 3.36. The largest absolute Gasteiger partial charge is 0.491 e. The molecule has 0 radical (unpaired) electrons. The van der Waals surface area contributed by atoms with Gasteiger partial charge in [-0.2, -0.15) is 0 Å². The molecule has 0 atom stereocenters. The van der Waals surface area contributed by atoms with E-state index in [1.54, 1.807) is 4.90 Å². The first-order chi connectivity index (χ1) is 15.0. The molecular weight excluding hydrogens is 430 g/mol. The molecule has 5 nitrogen and oxygen atoms in total. The number of benzene rings is 2. The van der Waals surface area contributed by atoms with Crippen molar-refractivity contribution >= 4 is 40.3 Å². The lowest BCUT2D eigenvalue weighted by atomic mass is 10.1. The fraction of sp³-hybridized carbons (Fsp3) is 0.333. The van der Waals surface area contributed by atoms with Crippen LogP contribution in [0.25, 0.3) is 6.08 Å². The standard InChI is InChI=1S/C24H27NO4S2/c1-4-25-23(26)22(31-24(25)30)16-19-6-5-7-20(15-19)28-12-10-27-11-13-29-21-9-8-17(2)18(3)14-21/h5-9,14-16H,4,10-13H2,1-3H3/b22-16-. The minimum atomic E-state index is -0.0414. The number of thiocarbonyl (C=S) groups is 1. The molecule has 31 heavy (non-hydrogen) atoms. The number of rotatable bonds is 10. The van der Waals surface area contributed by atoms with E-state index in [-0.39, 0.29) is 5.91 Å². The van der Waals surface area contributed by atoms with Gasteiger partial charge in [0, 0.05) is 6.54 Å². The van der Waals surface area contributed by atoms with Gasteiger partial charge in [0.15, 0.2) is 0 Å². The molecule has 164 valence electrons. The van der Waals surface area contributed by atoms with Crippen LogP contribution >= 0.6 is 24.0 Å². The van der Waals surface area contributed by atoms with Gasteiger partial charge in [0.05, 0.1) is 18.1 Å². The Morgan fingerprint density at radius 3 is 2.32 bits per heavy atom. The number of carbonyl (C=O) groups excluding carboxylic acids is 1. The van der Waals surface area contributed by atoms with E-state index in [2.05, 4.69) is 19.9 Å². The van der Waals surface area contributed by atoms with Gasteiger partial charge >= 0.3 is 0 Å². The van der Waals surface area contributed by atoms with Crippen molar-refractivity contribution in [1.82, 2.24) is 4.90 Å². The Balaban J connectivity index is 1.39. The summed E-state index contributed by atoms with van der Waals surface area (Å²) in [6, 6.07) is 13.7. The third-order valence-electron chi connectivity index (χ3n) is 4.82. The predicted octanol–water partition coefficient (Wildman–Crippen LogP) is 5.00. The van der Waals surface area contributed by atoms with E-state index >= 15 is 0 Å². The first-order valence-corrected chi connectivity index (χ1v) is 11.5. The molecule has 0 aromatic heterocycles. The molecule has 1 fully saturated rings. The van der Waals surface area contributed by atoms with E-state index in [0.29, 0.717) is 42.2 Å². The van der Waals surface area contributed by atoms with Crippen LogP contribution in [0.4, 0.5) is 0 Å². The first kappa shape index (κ1) is 23.3. The number of ether oxygens (including phenoxy) is 3. The molecule has 0 bridgehead atoms. The summed E-state index contributed by atoms with van der Waals surface area (Å²) >= 11 is 6.59. The molecule has 0 N–H and O–H groups in total. The Bertz CT molecular complexity index is 974. The highest BCUT2D eigenvalue weighted by Gasteiger charge is 2.30. The zero-order chi connectivity index (χ0) is 22.2. The maximum atomic E-state index is 12.3. The van der Waals surface area contributed by atoms with Gasteiger partial charge in [-0.1, -0.05) is 42.2 Å². The Hall–Kier alpha value is -2.35. The number of amides is 1. The van der Waals surface area contributed by atoms with Crippen molar-refractivity contribution in [3.63, 3.8) is 0 Å². The second kappa shape index (κ2) is 11.3. The van der Waals surface area contributed by atoms with E-state index in [4.69, 9.17) is 26.4 Å². The predicted molar refractivity (Wildman–Crippen MR) is 130 cm³/mol. The van der Waals surface area contributed by atoms with E-state index in [1.165, 1.54) is 22.9 Å². The van der Waals surface area contributed by atoms with Crippen LogP contribution in [0.3, 0.4) is 0 Å². The summed E-state index contributed by atoms with van der Waals surface area (Å²) in [4.78, 5) is 14.6. The molecule has 1 saturated heterocycles. The number of aryl methyl sites for hydroxylation is 2. The SMILES string of the molecule is CCN1C(=O)/C(=C/c2cccc(OCCOCCOc3ccc(C)c(C)c3)c2)SC1=S. The third kappa shape index (κ3) is 6.56. The number of likely N-dealkylation sites (N-methyl/N-ethyl adjacent to an activating group) is 1. The molecule has 0 saturated carbocycles. The zero-order valence-electron chi connectivity index (χ0n) is 18.1. The quantitative estimate of drug-likeness (QED) is 0.284. The molecule has 1 heterocycles. The molecular formula is C24H27NO4S2. The number of nitrogens with zero attached hydrogens (tertiary/aromatic N) is 1. The van der Waals surface area contributed by atoms with Crippen molar-refractivity contribution in [1.29, 1.82) is 0 Å². The average Bonchev–Trinajstić information content (AvgIpc) is 3.02. The normalized spacial score (nSPS) is 15.1. The second-order valence-electron chi connectivity index (χ2n) is 7.05. The van der Waals surface area contributed by atoms with Gasteiger partial charge in [-0.3, -0.25) is 9.69 Å². The van der Waals surface area contributed by atoms with Crippen LogP contribution < -0.4 is 9.47 Å². The molecule has 0 spiro atoms. The maximum Gasteiger partial charge on any atom is 0.266 e. The average molecular weight is 458 g/mol. The van der Waals surface area contributed by atoms with Crippen LogP contribution in [-0.4, -0.2) is 48.1 Å². The number of hydrogen-bond acceptors (Lipinski definition) is 6. The van der Waals surface area contributed by atoms with Gasteiger partial charge in [0.1, 0.15) is 29.0 Å². The van der Waals surface area contributed by atoms with Crippen LogP contribution in [0.1, 0.15) is 23.6 Å². The maximum absolute atomic E-state index is 12.3. The molecule has 2 aromatic rings. The van der Waals surface area contributed by atoms with Gasteiger partial charge in [0.2, 0.25) is 0 Å². The Labute approximate surface area is 193 Å². The molecule has 0 aliphatic carbocycles. The minimum absolute atomic E-state index is 0.0414. The van der Waals surface area contributed by atoms with Gasteiger partial charge in [-0.25, -0.2) is 0 Å². The summed E-state index contributed by atoms with van der Waals surface area (Å²) in [7, 11) is 0. The fourth-order valence-corrected chi connectivity index (χ4v) is 4.34. The van der Waals surface area contributed by atoms with Gasteiger partial charge < -0.3 is 14.2 Å². The van der Waals surface area contributed by atoms with Crippen molar-refractivity contribution < 1.29 is 19.0 Å². The van der Waals surface area contributed by atoms with E-state index < -0.39 is 0 Å². The second-order valence-corrected chi connectivity index (χ2v) is 8.73. The number of carbonyl (C=O) groups is 1. The van der Waals surface area contributed by atoms with Gasteiger partial charge in [-0.05, 0) is 67.8 Å². The Kier molecular flexibility index (Phi) is 8.51. The van der Waals surface area contributed by atoms with Crippen molar-refractivity contribution in [3.8, 4) is 11.5 Å². The summed E-state index contributed by atoms with van der Waals surface area (Å²) in [6.45, 7) is 8.54. The summed E-state index contributed by atoms with van der Waals surface area (Å²) in [5, 5.41) is 0. The molecule has 1 amide bonds. The van der Waals surface area contributed by atoms with Crippen molar-refractivity contribution in [2.45, 2.75) is 20.8 Å². The molecule has 1 aliphatic rings. The van der Waals surface area contributed by atoms with Gasteiger partial charge in [0.25, 0.3) is 5.91 Å². The van der Waals surface area contributed by atoms with E-state index in [1.807, 2.05) is 49.4 Å². The highest BCUT2D eigenvalue weighted by Crippen LogP contribution is 2.32. The van der Waals surface area contributed by atoms with Gasteiger partial charge in [-0.15, -0.1) is 0 Å². The summed E-state index contributed by atoms with van der Waals surface area (Å²) < 4.78 is 17.7. The van der Waals surface area contributed by atoms with Crippen LogP contribution in [0.2, 0.25) is 0 Å². The third-order valence-corrected chi connectivity index (χ3v) is 6.19. The van der Waals surface area contributed by atoms with Crippen LogP contribution in [0.15, 0.2) is 47.4 Å². The summed E-state index contributed by atoms with van der Waals surface area (Å²) in [6.07, 6.45) is 1.85. The smallest absolute Gasteiger partial charge is 0.266 e. The lowest BCUT2D eigenvalue weighted by molar-refractivity contribution is -0.121. The van der Waals surface area contributed by atoms with Crippen LogP contribution in [0.5, 0.6) is 11.5 Å². The highest BCUT2D eigenvalue weighted by molar-refractivity contribution is 8.26. The lowest BCUT2D eigenvalue weighted by Crippen LogP contribution is -2.27. The minimum Gasteiger partial charge on any atom is -0.491 e. The van der Waals surface area contributed by atoms with Crippen molar-refractivity contribution in [2.24, 2.45) is 0 Å². The fourth-order valence-electron chi connectivity index (χ4n) is 2.96. The monoisotopic (exact) mass is 457 g/mol. The van der Waals surface area contributed by atoms with Crippen LogP contribution in [0, 0.1) is 13.8 Å². The molecule has 7 heteroatoms. The molecule has 2 aromatic carbocycles. The summed E-state index contributed by atoms with van der Waals surface area (Å²) in [5.74, 6) is 1.55. The van der Waals surface area contributed by atoms with Crippen molar-refractivity contribution in [3.05, 3.63) is 64.1 Å². The zero-order valence-corrected chi connectivity index (χ0v) is 19.7. The number of thioether (sulfide) groups is 1. The van der Waals surface area contributed by atoms with Crippen molar-refractivity contribution in [2.75, 3.05) is 33.0 Å². The Morgan fingerprint density at radius 2 is 1.68 bits per heavy atom. The lowest BCUT2D eigenvalue weighted by Gasteiger charge is -2.10. The Morgan fingerprint density at radius 1 is 0.968 bits per heavy atom. The topological polar surface area (TPSA) is 48.0 Å². The van der Waals surface area contributed by atoms with E-state index in [9.17, 15) is 4.79 Å². The van der Waals surface area contributed by atoms with E-state index in [0.717, 1.165) is 17.1 Å². The molecule has 1 aliphatic heterocycles. The van der Waals surface area contributed by atoms with Crippen LogP contribution in [-0.2, 0) is 9.53 Å². The first-order valence-electron chi connectivity index (χ1n) is 10.2. The number of hydrogen-bond donors (Lipinski definition) is 0. The molecule has 0 unspecified atom stereocenters. The highest BCUT2D eigenvalue weighted by atomic mass is 32.2. The molecule has 3 rings (SSSR count).